The Bertz CT molecular complexity index is 260. The highest BCUT2D eigenvalue weighted by molar-refractivity contribution is 14.1. The summed E-state index contributed by atoms with van der Waals surface area (Å²) in [5, 5.41) is 0. The van der Waals surface area contributed by atoms with Crippen molar-refractivity contribution in [1.82, 2.24) is 0 Å². The predicted molar refractivity (Wildman–Crippen MR) is 65.6 cm³/mol. The fourth-order valence-corrected chi connectivity index (χ4v) is 2.14. The van der Waals surface area contributed by atoms with Crippen molar-refractivity contribution in [2.45, 2.75) is 32.2 Å². The maximum absolute atomic E-state index is 6.08. The van der Waals surface area contributed by atoms with Gasteiger partial charge in [-0.05, 0) is 40.6 Å². The van der Waals surface area contributed by atoms with Gasteiger partial charge >= 0.3 is 0 Å². The van der Waals surface area contributed by atoms with Gasteiger partial charge in [-0.25, -0.2) is 0 Å². The van der Waals surface area contributed by atoms with Crippen molar-refractivity contribution in [2.75, 3.05) is 0 Å². The molecule has 1 rings (SSSR count). The Morgan fingerprint density at radius 3 is 2.69 bits per heavy atom. The van der Waals surface area contributed by atoms with Gasteiger partial charge in [0.1, 0.15) is 0 Å². The average Bonchev–Trinajstić information content (AvgIpc) is 2.15. The lowest BCUT2D eigenvalue weighted by Crippen LogP contribution is -2.11. The summed E-state index contributed by atoms with van der Waals surface area (Å²) < 4.78 is 1.28. The van der Waals surface area contributed by atoms with Gasteiger partial charge in [0, 0.05) is 9.61 Å². The van der Waals surface area contributed by atoms with E-state index in [1.807, 2.05) is 0 Å². The third-order valence-corrected chi connectivity index (χ3v) is 3.16. The van der Waals surface area contributed by atoms with E-state index in [0.29, 0.717) is 0 Å². The van der Waals surface area contributed by atoms with Gasteiger partial charge in [0.05, 0.1) is 0 Å². The van der Waals surface area contributed by atoms with E-state index in [1.54, 1.807) is 0 Å². The molecule has 0 amide bonds. The van der Waals surface area contributed by atoms with Gasteiger partial charge in [-0.2, -0.15) is 0 Å². The number of hydrogen-bond donors (Lipinski definition) is 1. The number of nitrogens with two attached hydrogens (primary N) is 1. The van der Waals surface area contributed by atoms with Gasteiger partial charge in [0.25, 0.3) is 0 Å². The van der Waals surface area contributed by atoms with Crippen LogP contribution >= 0.6 is 22.6 Å². The summed E-state index contributed by atoms with van der Waals surface area (Å²) in [6.45, 7) is 2.20. The Morgan fingerprint density at radius 1 is 1.38 bits per heavy atom. The third kappa shape index (κ3) is 3.27. The van der Waals surface area contributed by atoms with E-state index < -0.39 is 0 Å². The molecule has 72 valence electrons. The summed E-state index contributed by atoms with van der Waals surface area (Å²) in [5.41, 5.74) is 7.37. The molecule has 1 aromatic carbocycles. The number of hydrogen-bond acceptors (Lipinski definition) is 1. The Morgan fingerprint density at radius 2 is 2.08 bits per heavy atom. The van der Waals surface area contributed by atoms with Crippen LogP contribution in [0.2, 0.25) is 0 Å². The largest absolute Gasteiger partial charge is 0.324 e. The molecular formula is C11H16IN. The van der Waals surface area contributed by atoms with Crippen LogP contribution in [0, 0.1) is 3.57 Å². The first kappa shape index (κ1) is 11.0. The minimum Gasteiger partial charge on any atom is -0.324 e. The highest BCUT2D eigenvalue weighted by Crippen LogP contribution is 2.21. The third-order valence-electron chi connectivity index (χ3n) is 2.17. The van der Waals surface area contributed by atoms with Crippen molar-refractivity contribution in [3.8, 4) is 0 Å². The van der Waals surface area contributed by atoms with E-state index in [-0.39, 0.29) is 6.04 Å². The van der Waals surface area contributed by atoms with Crippen LogP contribution in [0.1, 0.15) is 37.8 Å². The van der Waals surface area contributed by atoms with E-state index in [4.69, 9.17) is 5.73 Å². The molecule has 1 unspecified atom stereocenters. The highest BCUT2D eigenvalue weighted by atomic mass is 127. The second kappa shape index (κ2) is 5.60. The van der Waals surface area contributed by atoms with Crippen LogP contribution < -0.4 is 5.73 Å². The summed E-state index contributed by atoms with van der Waals surface area (Å²) in [5.74, 6) is 0. The zero-order valence-corrected chi connectivity index (χ0v) is 10.1. The van der Waals surface area contributed by atoms with Crippen LogP contribution in [0.5, 0.6) is 0 Å². The van der Waals surface area contributed by atoms with Crippen molar-refractivity contribution >= 4 is 22.6 Å². The molecule has 0 aliphatic rings. The van der Waals surface area contributed by atoms with E-state index in [2.05, 4.69) is 53.8 Å². The average molecular weight is 289 g/mol. The van der Waals surface area contributed by atoms with Crippen molar-refractivity contribution in [1.29, 1.82) is 0 Å². The van der Waals surface area contributed by atoms with Crippen molar-refractivity contribution in [2.24, 2.45) is 5.73 Å². The molecule has 0 fully saturated rings. The molecule has 2 N–H and O–H groups in total. The molecular weight excluding hydrogens is 273 g/mol. The molecule has 1 aromatic rings. The van der Waals surface area contributed by atoms with E-state index in [9.17, 15) is 0 Å². The summed E-state index contributed by atoms with van der Waals surface area (Å²) >= 11 is 2.35. The molecule has 0 bridgehead atoms. The minimum atomic E-state index is 0.216. The van der Waals surface area contributed by atoms with Gasteiger partial charge < -0.3 is 5.73 Å². The van der Waals surface area contributed by atoms with Crippen LogP contribution in [0.4, 0.5) is 0 Å². The molecule has 0 spiro atoms. The Balaban J connectivity index is 2.65. The second-order valence-corrected chi connectivity index (χ2v) is 4.43. The molecule has 1 atom stereocenters. The monoisotopic (exact) mass is 289 g/mol. The Labute approximate surface area is 93.9 Å². The Kier molecular flexibility index (Phi) is 4.73. The van der Waals surface area contributed by atoms with Gasteiger partial charge in [0.2, 0.25) is 0 Å². The smallest absolute Gasteiger partial charge is 0.0305 e. The number of halogens is 1. The van der Waals surface area contributed by atoms with Crippen LogP contribution in [0.15, 0.2) is 24.3 Å². The molecule has 0 aliphatic carbocycles. The SMILES string of the molecule is CCCCC(N)c1ccccc1I. The zero-order chi connectivity index (χ0) is 9.68. The quantitative estimate of drug-likeness (QED) is 0.844. The first-order valence-corrected chi connectivity index (χ1v) is 5.83. The van der Waals surface area contributed by atoms with Gasteiger partial charge in [-0.15, -0.1) is 0 Å². The maximum atomic E-state index is 6.08. The second-order valence-electron chi connectivity index (χ2n) is 3.27. The molecule has 0 saturated carbocycles. The van der Waals surface area contributed by atoms with E-state index in [1.165, 1.54) is 22.0 Å². The number of benzene rings is 1. The zero-order valence-electron chi connectivity index (χ0n) is 7.96. The molecule has 0 saturated heterocycles. The maximum Gasteiger partial charge on any atom is 0.0305 e. The lowest BCUT2D eigenvalue weighted by atomic mass is 10.0. The summed E-state index contributed by atoms with van der Waals surface area (Å²) in [7, 11) is 0. The van der Waals surface area contributed by atoms with Crippen molar-refractivity contribution in [3.05, 3.63) is 33.4 Å². The van der Waals surface area contributed by atoms with E-state index in [0.717, 1.165) is 6.42 Å². The molecule has 0 heterocycles. The first-order chi connectivity index (χ1) is 6.25. The van der Waals surface area contributed by atoms with Crippen LogP contribution in [0.3, 0.4) is 0 Å². The lowest BCUT2D eigenvalue weighted by molar-refractivity contribution is 0.601. The minimum absolute atomic E-state index is 0.216. The summed E-state index contributed by atoms with van der Waals surface area (Å²) in [4.78, 5) is 0. The summed E-state index contributed by atoms with van der Waals surface area (Å²) in [6, 6.07) is 8.57. The fraction of sp³-hybridized carbons (Fsp3) is 0.455. The standard InChI is InChI=1S/C11H16IN/c1-2-3-8-11(13)9-6-4-5-7-10(9)12/h4-7,11H,2-3,8,13H2,1H3. The molecule has 13 heavy (non-hydrogen) atoms. The van der Waals surface area contributed by atoms with Crippen LogP contribution in [-0.4, -0.2) is 0 Å². The number of rotatable bonds is 4. The predicted octanol–water partition coefficient (Wildman–Crippen LogP) is 3.48. The van der Waals surface area contributed by atoms with Gasteiger partial charge in [0.15, 0.2) is 0 Å². The van der Waals surface area contributed by atoms with Crippen molar-refractivity contribution in [3.63, 3.8) is 0 Å². The number of unbranched alkanes of at least 4 members (excludes halogenated alkanes) is 1. The topological polar surface area (TPSA) is 26.0 Å². The molecule has 0 aromatic heterocycles. The van der Waals surface area contributed by atoms with Gasteiger partial charge in [-0.1, -0.05) is 38.0 Å². The molecule has 0 aliphatic heterocycles. The van der Waals surface area contributed by atoms with E-state index >= 15 is 0 Å². The highest BCUT2D eigenvalue weighted by Gasteiger charge is 2.07. The Hall–Kier alpha value is -0.0900. The molecule has 1 nitrogen and oxygen atoms in total. The summed E-state index contributed by atoms with van der Waals surface area (Å²) in [6.07, 6.45) is 3.53. The van der Waals surface area contributed by atoms with Crippen molar-refractivity contribution < 1.29 is 0 Å². The van der Waals surface area contributed by atoms with Gasteiger partial charge in [-0.3, -0.25) is 0 Å². The molecule has 2 heteroatoms. The fourth-order valence-electron chi connectivity index (χ4n) is 1.36. The van der Waals surface area contributed by atoms with Crippen LogP contribution in [-0.2, 0) is 0 Å². The lowest BCUT2D eigenvalue weighted by Gasteiger charge is -2.12. The van der Waals surface area contributed by atoms with Crippen LogP contribution in [0.25, 0.3) is 0 Å². The first-order valence-electron chi connectivity index (χ1n) is 4.75. The normalized spacial score (nSPS) is 12.8. The molecule has 0 radical (unpaired) electrons.